The van der Waals surface area contributed by atoms with Crippen molar-refractivity contribution in [1.82, 2.24) is 10.3 Å². The highest BCUT2D eigenvalue weighted by Gasteiger charge is 2.18. The van der Waals surface area contributed by atoms with Crippen LogP contribution in [0.3, 0.4) is 0 Å². The molecule has 1 atom stereocenters. The Hall–Kier alpha value is -2.07. The molecule has 5 heteroatoms. The fourth-order valence-corrected chi connectivity index (χ4v) is 1.92. The highest BCUT2D eigenvalue weighted by Crippen LogP contribution is 2.17. The third-order valence-corrected chi connectivity index (χ3v) is 3.18. The molecule has 110 valence electrons. The third-order valence-electron chi connectivity index (χ3n) is 2.93. The van der Waals surface area contributed by atoms with E-state index in [1.165, 1.54) is 0 Å². The first-order valence-electron chi connectivity index (χ1n) is 6.79. The molecule has 0 aliphatic rings. The van der Waals surface area contributed by atoms with E-state index < -0.39 is 6.10 Å². The molecule has 1 amide bonds. The molecule has 0 spiro atoms. The quantitative estimate of drug-likeness (QED) is 0.891. The van der Waals surface area contributed by atoms with Gasteiger partial charge in [-0.2, -0.15) is 0 Å². The average molecular weight is 305 g/mol. The molecule has 4 nitrogen and oxygen atoms in total. The molecule has 2 rings (SSSR count). The first-order valence-corrected chi connectivity index (χ1v) is 7.16. The number of ether oxygens (including phenoxy) is 1. The number of nitrogens with one attached hydrogen (secondary N) is 1. The molecule has 0 saturated carbocycles. The second-order valence-corrected chi connectivity index (χ2v) is 4.94. The lowest BCUT2D eigenvalue weighted by Gasteiger charge is -2.17. The van der Waals surface area contributed by atoms with Gasteiger partial charge in [0.25, 0.3) is 5.91 Å². The Morgan fingerprint density at radius 3 is 2.67 bits per heavy atom. The van der Waals surface area contributed by atoms with Gasteiger partial charge in [-0.1, -0.05) is 24.6 Å². The monoisotopic (exact) mass is 304 g/mol. The number of aromatic nitrogens is 1. The summed E-state index contributed by atoms with van der Waals surface area (Å²) in [5.41, 5.74) is 0.812. The minimum absolute atomic E-state index is 0.155. The van der Waals surface area contributed by atoms with Crippen LogP contribution in [0.1, 0.15) is 19.0 Å². The van der Waals surface area contributed by atoms with Gasteiger partial charge in [-0.3, -0.25) is 9.78 Å². The minimum atomic E-state index is -0.533. The smallest absolute Gasteiger partial charge is 0.261 e. The SMILES string of the molecule is CC[C@@H](Oc1ccc(Cl)cc1)C(=O)NCc1ccccn1. The standard InChI is InChI=1S/C16H17ClN2O2/c1-2-15(21-14-8-6-12(17)7-9-14)16(20)19-11-13-5-3-4-10-18-13/h3-10,15H,2,11H2,1H3,(H,19,20)/t15-/m1/s1. The van der Waals surface area contributed by atoms with Gasteiger partial charge in [-0.05, 0) is 42.8 Å². The fourth-order valence-electron chi connectivity index (χ4n) is 1.79. The molecule has 0 aliphatic carbocycles. The molecule has 1 aromatic heterocycles. The van der Waals surface area contributed by atoms with Crippen molar-refractivity contribution in [2.75, 3.05) is 0 Å². The van der Waals surface area contributed by atoms with Gasteiger partial charge in [-0.25, -0.2) is 0 Å². The number of halogens is 1. The number of amides is 1. The molecular formula is C16H17ClN2O2. The zero-order valence-electron chi connectivity index (χ0n) is 11.8. The average Bonchev–Trinajstić information content (AvgIpc) is 2.53. The number of rotatable bonds is 6. The van der Waals surface area contributed by atoms with Gasteiger partial charge in [0.05, 0.1) is 12.2 Å². The Labute approximate surface area is 129 Å². The van der Waals surface area contributed by atoms with E-state index in [1.807, 2.05) is 25.1 Å². The Morgan fingerprint density at radius 2 is 2.05 bits per heavy atom. The minimum Gasteiger partial charge on any atom is -0.481 e. The highest BCUT2D eigenvalue weighted by atomic mass is 35.5. The number of carbonyl (C=O) groups is 1. The van der Waals surface area contributed by atoms with Crippen LogP contribution < -0.4 is 10.1 Å². The van der Waals surface area contributed by atoms with Gasteiger partial charge in [0.1, 0.15) is 5.75 Å². The second-order valence-electron chi connectivity index (χ2n) is 4.51. The number of carbonyl (C=O) groups excluding carboxylic acids is 1. The van der Waals surface area contributed by atoms with Gasteiger partial charge >= 0.3 is 0 Å². The summed E-state index contributed by atoms with van der Waals surface area (Å²) in [6.07, 6.45) is 1.74. The molecule has 0 bridgehead atoms. The van der Waals surface area contributed by atoms with Crippen molar-refractivity contribution in [3.05, 3.63) is 59.4 Å². The van der Waals surface area contributed by atoms with Gasteiger partial charge in [0, 0.05) is 11.2 Å². The number of benzene rings is 1. The maximum absolute atomic E-state index is 12.1. The van der Waals surface area contributed by atoms with Crippen molar-refractivity contribution in [3.63, 3.8) is 0 Å². The first kappa shape index (κ1) is 15.3. The number of nitrogens with zero attached hydrogens (tertiary/aromatic N) is 1. The van der Waals surface area contributed by atoms with Crippen LogP contribution >= 0.6 is 11.6 Å². The zero-order chi connectivity index (χ0) is 15.1. The van der Waals surface area contributed by atoms with Crippen LogP contribution in [-0.4, -0.2) is 17.0 Å². The molecule has 1 aromatic carbocycles. The van der Waals surface area contributed by atoms with Gasteiger partial charge in [-0.15, -0.1) is 0 Å². The van der Waals surface area contributed by atoms with E-state index in [0.717, 1.165) is 5.69 Å². The van der Waals surface area contributed by atoms with Crippen molar-refractivity contribution >= 4 is 17.5 Å². The van der Waals surface area contributed by atoms with Crippen LogP contribution in [0.5, 0.6) is 5.75 Å². The second kappa shape index (κ2) is 7.64. The zero-order valence-corrected chi connectivity index (χ0v) is 12.5. The molecule has 0 saturated heterocycles. The Morgan fingerprint density at radius 1 is 1.29 bits per heavy atom. The summed E-state index contributed by atoms with van der Waals surface area (Å²) in [6, 6.07) is 12.5. The van der Waals surface area contributed by atoms with E-state index in [1.54, 1.807) is 30.5 Å². The number of hydrogen-bond donors (Lipinski definition) is 1. The van der Waals surface area contributed by atoms with Crippen molar-refractivity contribution in [1.29, 1.82) is 0 Å². The summed E-state index contributed by atoms with van der Waals surface area (Å²) in [7, 11) is 0. The molecule has 0 fully saturated rings. The lowest BCUT2D eigenvalue weighted by molar-refractivity contribution is -0.128. The Balaban J connectivity index is 1.90. The largest absolute Gasteiger partial charge is 0.481 e. The van der Waals surface area contributed by atoms with E-state index in [4.69, 9.17) is 16.3 Å². The van der Waals surface area contributed by atoms with Gasteiger partial charge in [0.15, 0.2) is 6.10 Å². The van der Waals surface area contributed by atoms with Crippen molar-refractivity contribution in [2.45, 2.75) is 26.0 Å². The van der Waals surface area contributed by atoms with Gasteiger partial charge < -0.3 is 10.1 Å². The molecule has 2 aromatic rings. The summed E-state index contributed by atoms with van der Waals surface area (Å²) in [5, 5.41) is 3.46. The third kappa shape index (κ3) is 4.76. The van der Waals surface area contributed by atoms with Crippen LogP contribution in [0.25, 0.3) is 0 Å². The first-order chi connectivity index (χ1) is 10.2. The van der Waals surface area contributed by atoms with E-state index in [2.05, 4.69) is 10.3 Å². The van der Waals surface area contributed by atoms with Crippen LogP contribution in [0.15, 0.2) is 48.7 Å². The fraction of sp³-hybridized carbons (Fsp3) is 0.250. The van der Waals surface area contributed by atoms with E-state index >= 15 is 0 Å². The predicted octanol–water partition coefficient (Wildman–Crippen LogP) is 3.21. The van der Waals surface area contributed by atoms with Crippen LogP contribution in [0.2, 0.25) is 5.02 Å². The lowest BCUT2D eigenvalue weighted by Crippen LogP contribution is -2.37. The van der Waals surface area contributed by atoms with Gasteiger partial charge in [0.2, 0.25) is 0 Å². The Bertz CT molecular complexity index is 573. The Kier molecular flexibility index (Phi) is 5.58. The molecule has 0 radical (unpaired) electrons. The topological polar surface area (TPSA) is 51.2 Å². The normalized spacial score (nSPS) is 11.7. The molecule has 1 N–H and O–H groups in total. The predicted molar refractivity (Wildman–Crippen MR) is 82.2 cm³/mol. The molecular weight excluding hydrogens is 288 g/mol. The molecule has 0 unspecified atom stereocenters. The molecule has 1 heterocycles. The van der Waals surface area contributed by atoms with E-state index in [0.29, 0.717) is 23.7 Å². The summed E-state index contributed by atoms with van der Waals surface area (Å²) in [6.45, 7) is 2.29. The summed E-state index contributed by atoms with van der Waals surface area (Å²) in [5.74, 6) is 0.470. The molecule has 0 aliphatic heterocycles. The summed E-state index contributed by atoms with van der Waals surface area (Å²) < 4.78 is 5.68. The summed E-state index contributed by atoms with van der Waals surface area (Å²) >= 11 is 5.82. The van der Waals surface area contributed by atoms with E-state index in [9.17, 15) is 4.79 Å². The van der Waals surface area contributed by atoms with E-state index in [-0.39, 0.29) is 5.91 Å². The van der Waals surface area contributed by atoms with Crippen LogP contribution in [-0.2, 0) is 11.3 Å². The number of hydrogen-bond acceptors (Lipinski definition) is 3. The molecule has 21 heavy (non-hydrogen) atoms. The van der Waals surface area contributed by atoms with Crippen LogP contribution in [0, 0.1) is 0 Å². The van der Waals surface area contributed by atoms with Crippen molar-refractivity contribution in [2.24, 2.45) is 0 Å². The highest BCUT2D eigenvalue weighted by molar-refractivity contribution is 6.30. The van der Waals surface area contributed by atoms with Crippen molar-refractivity contribution < 1.29 is 9.53 Å². The van der Waals surface area contributed by atoms with Crippen molar-refractivity contribution in [3.8, 4) is 5.75 Å². The number of pyridine rings is 1. The lowest BCUT2D eigenvalue weighted by atomic mass is 10.2. The maximum atomic E-state index is 12.1. The maximum Gasteiger partial charge on any atom is 0.261 e. The summed E-state index contributed by atoms with van der Waals surface area (Å²) in [4.78, 5) is 16.3. The van der Waals surface area contributed by atoms with Crippen LogP contribution in [0.4, 0.5) is 0 Å².